The summed E-state index contributed by atoms with van der Waals surface area (Å²) in [4.78, 5) is 26.7. The standard InChI is InChI=1S/C30H31BrN4O4S/c1-18-14-15-21(16-23(18)28(36)32-27-22-12-9-13-25(31)24(22)17-30(27,3)4)40(38,39)33-26-19(2)34(5)35(29(26)37)20-10-7-6-8-11-20/h6-16,27,33H,17H2,1-5H3,(H,32,36). The van der Waals surface area contributed by atoms with Crippen molar-refractivity contribution in [3.63, 3.8) is 0 Å². The number of hydrogen-bond donors (Lipinski definition) is 2. The van der Waals surface area contributed by atoms with Gasteiger partial charge in [-0.25, -0.2) is 13.1 Å². The third-order valence-electron chi connectivity index (χ3n) is 7.71. The van der Waals surface area contributed by atoms with Crippen LogP contribution in [0.3, 0.4) is 0 Å². The molecule has 0 fully saturated rings. The van der Waals surface area contributed by atoms with Crippen LogP contribution < -0.4 is 15.6 Å². The molecular formula is C30H31BrN4O4S. The maximum absolute atomic E-state index is 13.6. The molecule has 1 aliphatic rings. The molecule has 1 aliphatic carbocycles. The van der Waals surface area contributed by atoms with E-state index in [9.17, 15) is 18.0 Å². The van der Waals surface area contributed by atoms with E-state index in [1.807, 2.05) is 24.3 Å². The van der Waals surface area contributed by atoms with Gasteiger partial charge in [0, 0.05) is 17.1 Å². The highest BCUT2D eigenvalue weighted by Crippen LogP contribution is 2.47. The number of benzene rings is 3. The van der Waals surface area contributed by atoms with Crippen LogP contribution in [-0.2, 0) is 23.5 Å². The van der Waals surface area contributed by atoms with Crippen molar-refractivity contribution >= 4 is 37.5 Å². The van der Waals surface area contributed by atoms with Crippen LogP contribution in [0.15, 0.2) is 80.9 Å². The summed E-state index contributed by atoms with van der Waals surface area (Å²) in [6.07, 6.45) is 0.795. The molecule has 0 radical (unpaired) electrons. The second-order valence-electron chi connectivity index (χ2n) is 10.9. The lowest BCUT2D eigenvalue weighted by atomic mass is 9.85. The second kappa shape index (κ2) is 10.1. The molecule has 0 saturated carbocycles. The fraction of sp³-hybridized carbons (Fsp3) is 0.267. The number of hydrogen-bond acceptors (Lipinski definition) is 4. The first-order valence-corrected chi connectivity index (χ1v) is 15.1. The number of sulfonamides is 1. The minimum absolute atomic E-state index is 0.0483. The summed E-state index contributed by atoms with van der Waals surface area (Å²) in [6, 6.07) is 19.1. The molecule has 0 bridgehead atoms. The number of carbonyl (C=O) groups excluding carboxylic acids is 1. The number of fused-ring (bicyclic) bond motifs is 1. The molecule has 1 heterocycles. The van der Waals surface area contributed by atoms with Crippen molar-refractivity contribution in [2.75, 3.05) is 4.72 Å². The van der Waals surface area contributed by atoms with Gasteiger partial charge in [-0.15, -0.1) is 0 Å². The van der Waals surface area contributed by atoms with Gasteiger partial charge in [0.1, 0.15) is 5.69 Å². The molecule has 1 aromatic heterocycles. The Kier molecular flexibility index (Phi) is 7.04. The number of anilines is 1. The third-order valence-corrected chi connectivity index (χ3v) is 9.80. The van der Waals surface area contributed by atoms with Gasteiger partial charge in [0.15, 0.2) is 0 Å². The largest absolute Gasteiger partial charge is 0.345 e. The Labute approximate surface area is 242 Å². The summed E-state index contributed by atoms with van der Waals surface area (Å²) in [5.41, 5.74) is 3.40. The van der Waals surface area contributed by atoms with Crippen molar-refractivity contribution in [3.05, 3.63) is 110 Å². The average molecular weight is 624 g/mol. The number of nitrogens with one attached hydrogen (secondary N) is 2. The van der Waals surface area contributed by atoms with Crippen LogP contribution >= 0.6 is 15.9 Å². The van der Waals surface area contributed by atoms with E-state index in [0.29, 0.717) is 16.9 Å². The molecule has 208 valence electrons. The third kappa shape index (κ3) is 4.79. The number of carbonyl (C=O) groups is 1. The maximum atomic E-state index is 13.6. The first-order chi connectivity index (χ1) is 18.8. The zero-order valence-electron chi connectivity index (χ0n) is 22.9. The Bertz CT molecular complexity index is 1810. The molecule has 1 unspecified atom stereocenters. The molecule has 0 aliphatic heterocycles. The minimum Gasteiger partial charge on any atom is -0.345 e. The predicted molar refractivity (Wildman–Crippen MR) is 160 cm³/mol. The van der Waals surface area contributed by atoms with Crippen molar-refractivity contribution in [2.45, 2.75) is 45.1 Å². The fourth-order valence-electron chi connectivity index (χ4n) is 5.38. The van der Waals surface area contributed by atoms with E-state index in [1.165, 1.54) is 16.8 Å². The van der Waals surface area contributed by atoms with Crippen LogP contribution in [0, 0.1) is 19.3 Å². The first-order valence-electron chi connectivity index (χ1n) is 12.9. The smallest absolute Gasteiger partial charge is 0.296 e. The molecule has 10 heteroatoms. The molecule has 40 heavy (non-hydrogen) atoms. The highest BCUT2D eigenvalue weighted by atomic mass is 79.9. The van der Waals surface area contributed by atoms with Gasteiger partial charge in [-0.05, 0) is 72.7 Å². The Morgan fingerprint density at radius 1 is 1.02 bits per heavy atom. The van der Waals surface area contributed by atoms with Crippen molar-refractivity contribution in [3.8, 4) is 5.69 Å². The van der Waals surface area contributed by atoms with Crippen molar-refractivity contribution in [2.24, 2.45) is 12.5 Å². The molecule has 5 rings (SSSR count). The average Bonchev–Trinajstić information content (AvgIpc) is 3.28. The normalized spacial score (nSPS) is 16.0. The molecule has 0 saturated heterocycles. The molecule has 1 amide bonds. The minimum atomic E-state index is -4.18. The van der Waals surface area contributed by atoms with Gasteiger partial charge in [-0.2, -0.15) is 0 Å². The van der Waals surface area contributed by atoms with Crippen molar-refractivity contribution < 1.29 is 13.2 Å². The summed E-state index contributed by atoms with van der Waals surface area (Å²) in [7, 11) is -2.49. The first kappa shape index (κ1) is 27.9. The van der Waals surface area contributed by atoms with Gasteiger partial charge in [0.05, 0.1) is 22.3 Å². The number of halogens is 1. The van der Waals surface area contributed by atoms with Gasteiger partial charge in [0.2, 0.25) is 0 Å². The van der Waals surface area contributed by atoms with Gasteiger partial charge < -0.3 is 5.32 Å². The molecular weight excluding hydrogens is 592 g/mol. The fourth-order valence-corrected chi connectivity index (χ4v) is 7.05. The molecule has 4 aromatic rings. The highest BCUT2D eigenvalue weighted by Gasteiger charge is 2.41. The lowest BCUT2D eigenvalue weighted by Gasteiger charge is -2.29. The van der Waals surface area contributed by atoms with Gasteiger partial charge >= 0.3 is 0 Å². The van der Waals surface area contributed by atoms with Gasteiger partial charge in [-0.1, -0.05) is 66.2 Å². The Hall–Kier alpha value is -3.63. The SMILES string of the molecule is Cc1ccc(S(=O)(=O)Nc2c(C)n(C)n(-c3ccccc3)c2=O)cc1C(=O)NC1c2cccc(Br)c2CC1(C)C. The molecule has 8 nitrogen and oxygen atoms in total. The van der Waals surface area contributed by atoms with E-state index < -0.39 is 15.6 Å². The van der Waals surface area contributed by atoms with Gasteiger partial charge in [0.25, 0.3) is 21.5 Å². The number of para-hydroxylation sites is 1. The predicted octanol–water partition coefficient (Wildman–Crippen LogP) is 5.41. The number of amides is 1. The Balaban J connectivity index is 1.46. The summed E-state index contributed by atoms with van der Waals surface area (Å²) in [5, 5.41) is 3.15. The highest BCUT2D eigenvalue weighted by molar-refractivity contribution is 9.10. The van der Waals surface area contributed by atoms with Crippen LogP contribution in [0.25, 0.3) is 5.69 Å². The van der Waals surface area contributed by atoms with Crippen LogP contribution in [-0.4, -0.2) is 23.7 Å². The lowest BCUT2D eigenvalue weighted by Crippen LogP contribution is -2.36. The summed E-state index contributed by atoms with van der Waals surface area (Å²) >= 11 is 3.63. The molecule has 2 N–H and O–H groups in total. The maximum Gasteiger partial charge on any atom is 0.296 e. The van der Waals surface area contributed by atoms with Crippen LogP contribution in [0.2, 0.25) is 0 Å². The number of rotatable bonds is 6. The molecule has 3 aromatic carbocycles. The van der Waals surface area contributed by atoms with E-state index >= 15 is 0 Å². The van der Waals surface area contributed by atoms with E-state index in [4.69, 9.17) is 0 Å². The van der Waals surface area contributed by atoms with Crippen LogP contribution in [0.5, 0.6) is 0 Å². The molecule has 0 spiro atoms. The summed E-state index contributed by atoms with van der Waals surface area (Å²) in [5.74, 6) is -0.359. The zero-order chi connectivity index (χ0) is 29.0. The van der Waals surface area contributed by atoms with E-state index in [-0.39, 0.29) is 33.5 Å². The topological polar surface area (TPSA) is 102 Å². The van der Waals surface area contributed by atoms with Crippen LogP contribution in [0.4, 0.5) is 5.69 Å². The van der Waals surface area contributed by atoms with E-state index in [0.717, 1.165) is 22.0 Å². The van der Waals surface area contributed by atoms with Crippen molar-refractivity contribution in [1.82, 2.24) is 14.7 Å². The second-order valence-corrected chi connectivity index (χ2v) is 13.4. The lowest BCUT2D eigenvalue weighted by molar-refractivity contribution is 0.0902. The van der Waals surface area contributed by atoms with Gasteiger partial charge in [-0.3, -0.25) is 19.0 Å². The van der Waals surface area contributed by atoms with Crippen molar-refractivity contribution in [1.29, 1.82) is 0 Å². The number of aromatic nitrogens is 2. The monoisotopic (exact) mass is 622 g/mol. The van der Waals surface area contributed by atoms with E-state index in [1.54, 1.807) is 55.9 Å². The van der Waals surface area contributed by atoms with E-state index in [2.05, 4.69) is 39.8 Å². The Morgan fingerprint density at radius 2 is 1.73 bits per heavy atom. The zero-order valence-corrected chi connectivity index (χ0v) is 25.4. The Morgan fingerprint density at radius 3 is 2.42 bits per heavy atom. The summed E-state index contributed by atoms with van der Waals surface area (Å²) in [6.45, 7) is 7.65. The van der Waals surface area contributed by atoms with Crippen LogP contribution in [0.1, 0.15) is 52.6 Å². The number of nitrogens with zero attached hydrogens (tertiary/aromatic N) is 2. The quantitative estimate of drug-likeness (QED) is 0.300. The molecule has 1 atom stereocenters. The number of aryl methyl sites for hydroxylation is 1. The summed E-state index contributed by atoms with van der Waals surface area (Å²) < 4.78 is 33.5.